The Balaban J connectivity index is 0.000000686. The summed E-state index contributed by atoms with van der Waals surface area (Å²) in [4.78, 5) is 11.2. The zero-order valence-electron chi connectivity index (χ0n) is 10.3. The molecule has 0 aliphatic heterocycles. The second-order valence-electron chi connectivity index (χ2n) is 3.74. The first-order valence-electron chi connectivity index (χ1n) is 5.74. The van der Waals surface area contributed by atoms with Gasteiger partial charge in [-0.3, -0.25) is 0 Å². The number of hydrogen-bond acceptors (Lipinski definition) is 3. The van der Waals surface area contributed by atoms with Gasteiger partial charge >= 0.3 is 6.09 Å². The van der Waals surface area contributed by atoms with Crippen LogP contribution in [0, 0.1) is 0 Å². The van der Waals surface area contributed by atoms with E-state index >= 15 is 0 Å². The van der Waals surface area contributed by atoms with Crippen LogP contribution < -0.4 is 5.32 Å². The Morgan fingerprint density at radius 2 is 1.88 bits per heavy atom. The predicted octanol–water partition coefficient (Wildman–Crippen LogP) is 2.45. The Bertz CT molecular complexity index is 343. The van der Waals surface area contributed by atoms with Gasteiger partial charge in [-0.15, -0.1) is 0 Å². The third-order valence-corrected chi connectivity index (χ3v) is 2.65. The normalized spacial score (nSPS) is 13.4. The summed E-state index contributed by atoms with van der Waals surface area (Å²) < 4.78 is 4.85. The lowest BCUT2D eigenvalue weighted by Gasteiger charge is -2.11. The Hall–Kier alpha value is -1.16. The van der Waals surface area contributed by atoms with Crippen molar-refractivity contribution < 1.29 is 9.53 Å². The molecule has 0 atom stereocenters. The van der Waals surface area contributed by atoms with E-state index in [0.29, 0.717) is 6.61 Å². The first-order chi connectivity index (χ1) is 8.29. The number of rotatable bonds is 2. The number of carbonyl (C=O) groups is 1. The fourth-order valence-electron chi connectivity index (χ4n) is 2.00. The minimum atomic E-state index is -0.310. The highest BCUT2D eigenvalue weighted by atomic mass is 32.1. The van der Waals surface area contributed by atoms with Crippen molar-refractivity contribution >= 4 is 18.7 Å². The molecule has 0 aromatic heterocycles. The Morgan fingerprint density at radius 3 is 2.35 bits per heavy atom. The van der Waals surface area contributed by atoms with Gasteiger partial charge in [0, 0.05) is 6.04 Å². The molecule has 0 spiro atoms. The fourth-order valence-corrected chi connectivity index (χ4v) is 2.00. The van der Waals surface area contributed by atoms with Crippen LogP contribution in [0.5, 0.6) is 0 Å². The summed E-state index contributed by atoms with van der Waals surface area (Å²) >= 11 is 3.53. The Labute approximate surface area is 108 Å². The van der Waals surface area contributed by atoms with Gasteiger partial charge in [0.1, 0.15) is 0 Å². The highest BCUT2D eigenvalue weighted by molar-refractivity contribution is 7.79. The Kier molecular flexibility index (Phi) is 5.91. The van der Waals surface area contributed by atoms with Crippen LogP contribution in [0.2, 0.25) is 0 Å². The van der Waals surface area contributed by atoms with Crippen molar-refractivity contribution in [2.45, 2.75) is 25.8 Å². The molecule has 0 bridgehead atoms. The Morgan fingerprint density at radius 1 is 1.35 bits per heavy atom. The number of benzene rings is 1. The van der Waals surface area contributed by atoms with Crippen LogP contribution in [0.15, 0.2) is 24.3 Å². The van der Waals surface area contributed by atoms with E-state index in [0.717, 1.165) is 12.8 Å². The smallest absolute Gasteiger partial charge is 0.407 e. The van der Waals surface area contributed by atoms with Crippen molar-refractivity contribution in [1.29, 1.82) is 0 Å². The summed E-state index contributed by atoms with van der Waals surface area (Å²) in [5.41, 5.74) is 2.67. The van der Waals surface area contributed by atoms with Gasteiger partial charge in [-0.2, -0.15) is 12.6 Å². The van der Waals surface area contributed by atoms with Gasteiger partial charge in [-0.05, 0) is 37.1 Å². The number of carbonyl (C=O) groups excluding carboxylic acids is 1. The first kappa shape index (κ1) is 13.9. The average Bonchev–Trinajstić information content (AvgIpc) is 2.73. The van der Waals surface area contributed by atoms with Crippen molar-refractivity contribution in [3.05, 3.63) is 35.4 Å². The molecular formula is C13H19NO2S. The molecule has 0 radical (unpaired) electrons. The molecule has 1 amide bonds. The van der Waals surface area contributed by atoms with Crippen LogP contribution in [0.3, 0.4) is 0 Å². The van der Waals surface area contributed by atoms with Crippen LogP contribution in [0.25, 0.3) is 0 Å². The lowest BCUT2D eigenvalue weighted by Crippen LogP contribution is -2.35. The largest absolute Gasteiger partial charge is 0.450 e. The second kappa shape index (κ2) is 7.22. The van der Waals surface area contributed by atoms with E-state index in [2.05, 4.69) is 30.1 Å². The van der Waals surface area contributed by atoms with Crippen LogP contribution in [-0.4, -0.2) is 25.0 Å². The summed E-state index contributed by atoms with van der Waals surface area (Å²) in [6.07, 6.45) is 3.21. The molecule has 1 aliphatic carbocycles. The van der Waals surface area contributed by atoms with Crippen LogP contribution in [0.4, 0.5) is 4.79 Å². The maximum Gasteiger partial charge on any atom is 0.407 e. The molecule has 4 heteroatoms. The molecule has 0 fully saturated rings. The lowest BCUT2D eigenvalue weighted by atomic mass is 10.1. The molecule has 17 heavy (non-hydrogen) atoms. The van der Waals surface area contributed by atoms with Crippen molar-refractivity contribution in [1.82, 2.24) is 5.32 Å². The molecule has 1 aromatic rings. The number of fused-ring (bicyclic) bond motifs is 1. The van der Waals surface area contributed by atoms with Gasteiger partial charge in [-0.25, -0.2) is 4.79 Å². The standard InChI is InChI=1S/C12H15NO2.CH4S/c1-2-15-12(14)13-11-7-9-5-3-4-6-10(9)8-11;1-2/h3-6,11H,2,7-8H2,1H3,(H,13,14);2H,1H3. The summed E-state index contributed by atoms with van der Waals surface area (Å²) in [6.45, 7) is 2.23. The number of nitrogens with one attached hydrogen (secondary N) is 1. The van der Waals surface area contributed by atoms with Gasteiger partial charge in [0.15, 0.2) is 0 Å². The van der Waals surface area contributed by atoms with Crippen molar-refractivity contribution in [2.24, 2.45) is 0 Å². The second-order valence-corrected chi connectivity index (χ2v) is 3.74. The molecule has 1 aromatic carbocycles. The van der Waals surface area contributed by atoms with Gasteiger partial charge in [0.25, 0.3) is 0 Å². The van der Waals surface area contributed by atoms with Crippen LogP contribution in [0.1, 0.15) is 18.1 Å². The zero-order valence-corrected chi connectivity index (χ0v) is 11.2. The fraction of sp³-hybridized carbons (Fsp3) is 0.462. The van der Waals surface area contributed by atoms with Gasteiger partial charge in [0.2, 0.25) is 0 Å². The molecule has 0 unspecified atom stereocenters. The number of ether oxygens (including phenoxy) is 1. The van der Waals surface area contributed by atoms with Gasteiger partial charge < -0.3 is 10.1 Å². The molecule has 3 nitrogen and oxygen atoms in total. The molecule has 0 saturated heterocycles. The van der Waals surface area contributed by atoms with Gasteiger partial charge in [-0.1, -0.05) is 24.3 Å². The van der Waals surface area contributed by atoms with E-state index in [1.165, 1.54) is 11.1 Å². The molecule has 0 saturated carbocycles. The van der Waals surface area contributed by atoms with E-state index in [4.69, 9.17) is 4.74 Å². The van der Waals surface area contributed by atoms with Crippen LogP contribution >= 0.6 is 12.6 Å². The third-order valence-electron chi connectivity index (χ3n) is 2.65. The number of amides is 1. The quantitative estimate of drug-likeness (QED) is 0.795. The molecule has 1 aliphatic rings. The SMILES string of the molecule is CCOC(=O)NC1Cc2ccccc2C1.CS. The number of hydrogen-bond donors (Lipinski definition) is 2. The van der Waals surface area contributed by atoms with Crippen molar-refractivity contribution in [3.63, 3.8) is 0 Å². The highest BCUT2D eigenvalue weighted by Crippen LogP contribution is 2.21. The number of alkyl carbamates (subject to hydrolysis) is 1. The minimum absolute atomic E-state index is 0.196. The minimum Gasteiger partial charge on any atom is -0.450 e. The highest BCUT2D eigenvalue weighted by Gasteiger charge is 2.22. The van der Waals surface area contributed by atoms with Crippen molar-refractivity contribution in [3.8, 4) is 0 Å². The monoisotopic (exact) mass is 253 g/mol. The van der Waals surface area contributed by atoms with Crippen LogP contribution in [-0.2, 0) is 17.6 Å². The molecular weight excluding hydrogens is 234 g/mol. The first-order valence-corrected chi connectivity index (χ1v) is 6.64. The zero-order chi connectivity index (χ0) is 12.7. The summed E-state index contributed by atoms with van der Waals surface area (Å²) in [5.74, 6) is 0. The predicted molar refractivity (Wildman–Crippen MR) is 72.7 cm³/mol. The van der Waals surface area contributed by atoms with Gasteiger partial charge in [0.05, 0.1) is 6.61 Å². The molecule has 1 N–H and O–H groups in total. The molecule has 0 heterocycles. The summed E-state index contributed by atoms with van der Waals surface area (Å²) in [7, 11) is 0. The number of thiol groups is 1. The van der Waals surface area contributed by atoms with E-state index in [1.807, 2.05) is 19.1 Å². The molecule has 2 rings (SSSR count). The van der Waals surface area contributed by atoms with E-state index in [9.17, 15) is 4.79 Å². The average molecular weight is 253 g/mol. The maximum absolute atomic E-state index is 11.2. The van der Waals surface area contributed by atoms with E-state index in [-0.39, 0.29) is 12.1 Å². The summed E-state index contributed by atoms with van der Waals surface area (Å²) in [6, 6.07) is 8.49. The van der Waals surface area contributed by atoms with E-state index < -0.39 is 0 Å². The topological polar surface area (TPSA) is 38.3 Å². The van der Waals surface area contributed by atoms with E-state index in [1.54, 1.807) is 6.26 Å². The third kappa shape index (κ3) is 3.97. The summed E-state index contributed by atoms with van der Waals surface area (Å²) in [5, 5.41) is 2.87. The maximum atomic E-state index is 11.2. The lowest BCUT2D eigenvalue weighted by molar-refractivity contribution is 0.148. The van der Waals surface area contributed by atoms with Crippen molar-refractivity contribution in [2.75, 3.05) is 12.9 Å². The molecule has 94 valence electrons.